The average Bonchev–Trinajstić information content (AvgIpc) is 2.57. The lowest BCUT2D eigenvalue weighted by Crippen LogP contribution is -2.26. The summed E-state index contributed by atoms with van der Waals surface area (Å²) in [6, 6.07) is 2.60. The van der Waals surface area contributed by atoms with Gasteiger partial charge in [0.05, 0.1) is 5.56 Å². The molecule has 25 heavy (non-hydrogen) atoms. The van der Waals surface area contributed by atoms with E-state index in [0.29, 0.717) is 11.6 Å². The summed E-state index contributed by atoms with van der Waals surface area (Å²) in [7, 11) is 0. The van der Waals surface area contributed by atoms with Crippen molar-refractivity contribution < 1.29 is 22.8 Å². The van der Waals surface area contributed by atoms with E-state index in [0.717, 1.165) is 18.2 Å². The molecule has 0 bridgehead atoms. The predicted molar refractivity (Wildman–Crippen MR) is 91.1 cm³/mol. The number of halogens is 3. The van der Waals surface area contributed by atoms with Crippen LogP contribution in [-0.2, 0) is 11.0 Å². The Hall–Kier alpha value is -3.09. The van der Waals surface area contributed by atoms with Crippen LogP contribution in [0.25, 0.3) is 0 Å². The number of nitrogens with one attached hydrogen (secondary N) is 2. The van der Waals surface area contributed by atoms with Gasteiger partial charge in [-0.15, -0.1) is 0 Å². The molecule has 2 N–H and O–H groups in total. The number of alkyl halides is 3. The van der Waals surface area contributed by atoms with Gasteiger partial charge in [0.25, 0.3) is 5.91 Å². The van der Waals surface area contributed by atoms with Crippen LogP contribution in [0.1, 0.15) is 15.9 Å². The third-order valence-corrected chi connectivity index (χ3v) is 3.02. The van der Waals surface area contributed by atoms with Crippen molar-refractivity contribution in [3.05, 3.63) is 78.9 Å². The maximum absolute atomic E-state index is 13.0. The van der Waals surface area contributed by atoms with Gasteiger partial charge in [0.2, 0.25) is 5.91 Å². The number of allylic oxidation sites excluding steroid dienone is 2. The molecule has 1 rings (SSSR count). The number of amides is 2. The molecule has 1 aromatic carbocycles. The summed E-state index contributed by atoms with van der Waals surface area (Å²) >= 11 is 0. The molecule has 0 aromatic heterocycles. The van der Waals surface area contributed by atoms with Crippen LogP contribution in [0.4, 0.5) is 18.9 Å². The monoisotopic (exact) mass is 350 g/mol. The molecule has 0 radical (unpaired) electrons. The first-order chi connectivity index (χ1) is 11.7. The zero-order valence-electron chi connectivity index (χ0n) is 13.3. The molecule has 0 saturated heterocycles. The van der Waals surface area contributed by atoms with Crippen molar-refractivity contribution in [1.82, 2.24) is 5.32 Å². The number of benzene rings is 1. The van der Waals surface area contributed by atoms with Crippen LogP contribution in [0.3, 0.4) is 0 Å². The van der Waals surface area contributed by atoms with Crippen molar-refractivity contribution in [2.75, 3.05) is 11.9 Å². The number of rotatable bonds is 7. The van der Waals surface area contributed by atoms with Gasteiger partial charge in [0, 0.05) is 17.8 Å². The Balaban J connectivity index is 3.13. The number of anilines is 1. The van der Waals surface area contributed by atoms with Crippen molar-refractivity contribution in [3.8, 4) is 0 Å². The summed E-state index contributed by atoms with van der Waals surface area (Å²) in [5, 5.41) is 4.70. The van der Waals surface area contributed by atoms with E-state index in [1.165, 1.54) is 12.2 Å². The molecule has 0 saturated carbocycles. The smallest absolute Gasteiger partial charge is 0.348 e. The molecule has 132 valence electrons. The van der Waals surface area contributed by atoms with Crippen LogP contribution < -0.4 is 10.6 Å². The summed E-state index contributed by atoms with van der Waals surface area (Å²) in [5.41, 5.74) is -0.813. The molecule has 2 amide bonds. The van der Waals surface area contributed by atoms with Gasteiger partial charge < -0.3 is 10.6 Å². The molecule has 0 aliphatic rings. The fraction of sp³-hybridized carbons (Fsp3) is 0.111. The molecule has 0 heterocycles. The topological polar surface area (TPSA) is 58.2 Å². The van der Waals surface area contributed by atoms with Gasteiger partial charge in [-0.25, -0.2) is 0 Å². The Kier molecular flexibility index (Phi) is 6.93. The third-order valence-electron chi connectivity index (χ3n) is 3.02. The van der Waals surface area contributed by atoms with E-state index >= 15 is 0 Å². The van der Waals surface area contributed by atoms with Crippen molar-refractivity contribution in [2.45, 2.75) is 6.18 Å². The van der Waals surface area contributed by atoms with Crippen molar-refractivity contribution in [2.24, 2.45) is 0 Å². The van der Waals surface area contributed by atoms with Crippen molar-refractivity contribution in [3.63, 3.8) is 0 Å². The first-order valence-electron chi connectivity index (χ1n) is 7.09. The minimum absolute atomic E-state index is 0.0684. The highest BCUT2D eigenvalue weighted by Gasteiger charge is 2.32. The molecule has 1 aromatic rings. The zero-order chi connectivity index (χ0) is 19.0. The zero-order valence-corrected chi connectivity index (χ0v) is 13.3. The van der Waals surface area contributed by atoms with Crippen LogP contribution in [0, 0.1) is 0 Å². The van der Waals surface area contributed by atoms with Gasteiger partial charge in [0.1, 0.15) is 0 Å². The second-order valence-electron chi connectivity index (χ2n) is 4.85. The van der Waals surface area contributed by atoms with E-state index in [4.69, 9.17) is 0 Å². The Labute approximate surface area is 143 Å². The fourth-order valence-electron chi connectivity index (χ4n) is 1.82. The molecule has 0 spiro atoms. The second-order valence-corrected chi connectivity index (χ2v) is 4.85. The fourth-order valence-corrected chi connectivity index (χ4v) is 1.82. The molecular formula is C18H17F3N2O2. The molecule has 0 atom stereocenters. The highest BCUT2D eigenvalue weighted by Crippen LogP contribution is 2.32. The SMILES string of the molecule is C=C/C=C(\C=C)CNC(=O)c1cc(NC(=O)C=C)cc(C(F)(F)F)c1. The first-order valence-corrected chi connectivity index (χ1v) is 7.09. The number of carbonyl (C=O) groups is 2. The molecule has 7 heteroatoms. The maximum Gasteiger partial charge on any atom is 0.416 e. The quantitative estimate of drug-likeness (QED) is 0.580. The van der Waals surface area contributed by atoms with E-state index in [1.54, 1.807) is 6.08 Å². The van der Waals surface area contributed by atoms with Crippen LogP contribution in [0.2, 0.25) is 0 Å². The van der Waals surface area contributed by atoms with E-state index in [1.807, 2.05) is 0 Å². The first kappa shape index (κ1) is 20.0. The van der Waals surface area contributed by atoms with Gasteiger partial charge >= 0.3 is 6.18 Å². The highest BCUT2D eigenvalue weighted by molar-refractivity contribution is 6.01. The molecule has 0 unspecified atom stereocenters. The Morgan fingerprint density at radius 1 is 1.08 bits per heavy atom. The van der Waals surface area contributed by atoms with E-state index in [2.05, 4.69) is 30.4 Å². The van der Waals surface area contributed by atoms with Gasteiger partial charge in [-0.05, 0) is 29.8 Å². The van der Waals surface area contributed by atoms with Gasteiger partial charge in [0.15, 0.2) is 0 Å². The maximum atomic E-state index is 13.0. The third kappa shape index (κ3) is 6.14. The van der Waals surface area contributed by atoms with Crippen LogP contribution in [-0.4, -0.2) is 18.4 Å². The molecule has 0 aliphatic carbocycles. The number of hydrogen-bond acceptors (Lipinski definition) is 2. The Morgan fingerprint density at radius 3 is 2.28 bits per heavy atom. The molecule has 4 nitrogen and oxygen atoms in total. The lowest BCUT2D eigenvalue weighted by molar-refractivity contribution is -0.137. The normalized spacial score (nSPS) is 11.4. The van der Waals surface area contributed by atoms with Crippen molar-refractivity contribution in [1.29, 1.82) is 0 Å². The van der Waals surface area contributed by atoms with Crippen molar-refractivity contribution >= 4 is 17.5 Å². The van der Waals surface area contributed by atoms with Gasteiger partial charge in [-0.1, -0.05) is 38.0 Å². The summed E-state index contributed by atoms with van der Waals surface area (Å²) in [4.78, 5) is 23.5. The summed E-state index contributed by atoms with van der Waals surface area (Å²) < 4.78 is 39.0. The minimum atomic E-state index is -4.67. The number of hydrogen-bond donors (Lipinski definition) is 2. The molecule has 0 aliphatic heterocycles. The van der Waals surface area contributed by atoms with Gasteiger partial charge in [-0.3, -0.25) is 9.59 Å². The largest absolute Gasteiger partial charge is 0.416 e. The summed E-state index contributed by atoms with van der Waals surface area (Å²) in [5.74, 6) is -1.41. The lowest BCUT2D eigenvalue weighted by Gasteiger charge is -2.13. The second kappa shape index (κ2) is 8.68. The van der Waals surface area contributed by atoms with E-state index < -0.39 is 23.6 Å². The van der Waals surface area contributed by atoms with E-state index in [-0.39, 0.29) is 17.8 Å². The summed E-state index contributed by atoms with van der Waals surface area (Å²) in [6.07, 6.45) is 0.838. The Morgan fingerprint density at radius 2 is 1.76 bits per heavy atom. The summed E-state index contributed by atoms with van der Waals surface area (Å²) in [6.45, 7) is 10.4. The standard InChI is InChI=1S/C18H17F3N2O2/c1-4-7-12(5-2)11-22-17(25)13-8-14(18(19,20)21)10-15(9-13)23-16(24)6-3/h4-10H,1-3,11H2,(H,22,25)(H,23,24)/b12-7+. The number of carbonyl (C=O) groups excluding carboxylic acids is 2. The molecule has 0 fully saturated rings. The highest BCUT2D eigenvalue weighted by atomic mass is 19.4. The average molecular weight is 350 g/mol. The minimum Gasteiger partial charge on any atom is -0.348 e. The predicted octanol–water partition coefficient (Wildman–Crippen LogP) is 3.86. The van der Waals surface area contributed by atoms with Crippen LogP contribution >= 0.6 is 0 Å². The van der Waals surface area contributed by atoms with Gasteiger partial charge in [-0.2, -0.15) is 13.2 Å². The molecular weight excluding hydrogens is 333 g/mol. The van der Waals surface area contributed by atoms with E-state index in [9.17, 15) is 22.8 Å². The van der Waals surface area contributed by atoms with Crippen LogP contribution in [0.15, 0.2) is 67.8 Å². The van der Waals surface area contributed by atoms with Crippen LogP contribution in [0.5, 0.6) is 0 Å². The lowest BCUT2D eigenvalue weighted by atomic mass is 10.1. The Bertz CT molecular complexity index is 734.